The maximum atomic E-state index is 12.7. The van der Waals surface area contributed by atoms with Gasteiger partial charge < -0.3 is 9.64 Å². The van der Waals surface area contributed by atoms with Crippen molar-refractivity contribution in [2.45, 2.75) is 49.4 Å². The number of piperidine rings is 1. The zero-order valence-electron chi connectivity index (χ0n) is 13.5. The van der Waals surface area contributed by atoms with Gasteiger partial charge in [0.2, 0.25) is 0 Å². The molecule has 1 fully saturated rings. The van der Waals surface area contributed by atoms with Gasteiger partial charge in [0, 0.05) is 23.4 Å². The molecule has 0 N–H and O–H groups in total. The third kappa shape index (κ3) is 5.10. The Labute approximate surface area is 149 Å². The summed E-state index contributed by atoms with van der Waals surface area (Å²) < 4.78 is 18.1. The number of nitrogens with zero attached hydrogens (tertiary/aromatic N) is 1. The topological polar surface area (TPSA) is 46.6 Å². The SMILES string of the molecule is CC(C)(C)OC(=O)N1CCC([S@](=O)c2ccc(Cl)cc2Cl)CC1. The summed E-state index contributed by atoms with van der Waals surface area (Å²) in [6.45, 7) is 6.60. The van der Waals surface area contributed by atoms with Crippen molar-refractivity contribution >= 4 is 40.1 Å². The number of halogens is 2. The average Bonchev–Trinajstić information content (AvgIpc) is 2.45. The predicted molar refractivity (Wildman–Crippen MR) is 93.7 cm³/mol. The van der Waals surface area contributed by atoms with Crippen molar-refractivity contribution < 1.29 is 13.7 Å². The second-order valence-electron chi connectivity index (χ2n) is 6.54. The van der Waals surface area contributed by atoms with Crippen LogP contribution in [0.1, 0.15) is 33.6 Å². The molecule has 0 aromatic heterocycles. The fraction of sp³-hybridized carbons (Fsp3) is 0.562. The number of hydrogen-bond acceptors (Lipinski definition) is 3. The van der Waals surface area contributed by atoms with Crippen LogP contribution in [0.5, 0.6) is 0 Å². The molecule has 1 aromatic rings. The standard InChI is InChI=1S/C16H21Cl2NO3S/c1-16(2,3)22-15(20)19-8-6-12(7-9-19)23(21)14-5-4-11(17)10-13(14)18/h4-5,10,12H,6-9H2,1-3H3/t23-/m0/s1. The lowest BCUT2D eigenvalue weighted by atomic mass is 10.1. The lowest BCUT2D eigenvalue weighted by molar-refractivity contribution is 0.0218. The average molecular weight is 378 g/mol. The second kappa shape index (κ2) is 7.41. The first-order valence-electron chi connectivity index (χ1n) is 7.51. The van der Waals surface area contributed by atoms with E-state index in [1.54, 1.807) is 23.1 Å². The third-order valence-corrected chi connectivity index (χ3v) is 6.03. The summed E-state index contributed by atoms with van der Waals surface area (Å²) >= 11 is 12.0. The van der Waals surface area contributed by atoms with Gasteiger partial charge in [-0.05, 0) is 51.8 Å². The maximum Gasteiger partial charge on any atom is 0.410 e. The molecule has 1 atom stereocenters. The van der Waals surface area contributed by atoms with Gasteiger partial charge in [0.05, 0.1) is 20.7 Å². The Morgan fingerprint density at radius 1 is 1.26 bits per heavy atom. The van der Waals surface area contributed by atoms with Gasteiger partial charge in [-0.2, -0.15) is 0 Å². The number of rotatable bonds is 2. The van der Waals surface area contributed by atoms with E-state index in [1.165, 1.54) is 0 Å². The summed E-state index contributed by atoms with van der Waals surface area (Å²) in [6, 6.07) is 5.00. The first kappa shape index (κ1) is 18.6. The number of carbonyl (C=O) groups excluding carboxylic acids is 1. The van der Waals surface area contributed by atoms with Crippen molar-refractivity contribution in [1.82, 2.24) is 4.90 Å². The molecule has 2 rings (SSSR count). The van der Waals surface area contributed by atoms with E-state index in [0.717, 1.165) is 0 Å². The zero-order chi connectivity index (χ0) is 17.2. The fourth-order valence-corrected chi connectivity index (χ4v) is 4.48. The highest BCUT2D eigenvalue weighted by atomic mass is 35.5. The Balaban J connectivity index is 1.96. The number of benzene rings is 1. The van der Waals surface area contributed by atoms with E-state index in [9.17, 15) is 9.00 Å². The van der Waals surface area contributed by atoms with Crippen molar-refractivity contribution in [2.24, 2.45) is 0 Å². The van der Waals surface area contributed by atoms with Gasteiger partial charge in [-0.3, -0.25) is 4.21 Å². The molecular formula is C16H21Cl2NO3S. The van der Waals surface area contributed by atoms with Crippen molar-refractivity contribution in [3.05, 3.63) is 28.2 Å². The van der Waals surface area contributed by atoms with E-state index in [-0.39, 0.29) is 11.3 Å². The number of amides is 1. The molecule has 1 amide bonds. The highest BCUT2D eigenvalue weighted by molar-refractivity contribution is 7.85. The molecule has 4 nitrogen and oxygen atoms in total. The molecule has 1 heterocycles. The van der Waals surface area contributed by atoms with Crippen molar-refractivity contribution in [3.8, 4) is 0 Å². The predicted octanol–water partition coefficient (Wildman–Crippen LogP) is 4.50. The quantitative estimate of drug-likeness (QED) is 0.761. The minimum Gasteiger partial charge on any atom is -0.444 e. The van der Waals surface area contributed by atoms with E-state index in [4.69, 9.17) is 27.9 Å². The first-order chi connectivity index (χ1) is 10.7. The van der Waals surface area contributed by atoms with Crippen LogP contribution in [-0.2, 0) is 15.5 Å². The highest BCUT2D eigenvalue weighted by Gasteiger charge is 2.30. The Hall–Kier alpha value is -0.780. The van der Waals surface area contributed by atoms with Gasteiger partial charge in [0.25, 0.3) is 0 Å². The molecule has 128 valence electrons. The minimum atomic E-state index is -1.21. The molecule has 0 saturated carbocycles. The molecule has 23 heavy (non-hydrogen) atoms. The largest absolute Gasteiger partial charge is 0.444 e. The zero-order valence-corrected chi connectivity index (χ0v) is 15.8. The van der Waals surface area contributed by atoms with Gasteiger partial charge in [-0.15, -0.1) is 0 Å². The summed E-state index contributed by atoms with van der Waals surface area (Å²) in [6.07, 6.45) is 1.00. The molecule has 0 radical (unpaired) electrons. The van der Waals surface area contributed by atoms with Crippen LogP contribution in [0, 0.1) is 0 Å². The van der Waals surface area contributed by atoms with Crippen LogP contribution in [0.2, 0.25) is 10.0 Å². The number of hydrogen-bond donors (Lipinski definition) is 0. The molecule has 0 aliphatic carbocycles. The molecule has 0 unspecified atom stereocenters. The second-order valence-corrected chi connectivity index (χ2v) is 9.08. The fourth-order valence-electron chi connectivity index (χ4n) is 2.40. The van der Waals surface area contributed by atoms with Crippen LogP contribution in [0.3, 0.4) is 0 Å². The van der Waals surface area contributed by atoms with Crippen molar-refractivity contribution in [2.75, 3.05) is 13.1 Å². The monoisotopic (exact) mass is 377 g/mol. The number of likely N-dealkylation sites (tertiary alicyclic amines) is 1. The molecule has 0 spiro atoms. The summed E-state index contributed by atoms with van der Waals surface area (Å²) in [5.41, 5.74) is -0.506. The molecular weight excluding hydrogens is 357 g/mol. The van der Waals surface area contributed by atoms with Crippen LogP contribution in [0.4, 0.5) is 4.79 Å². The molecule has 1 saturated heterocycles. The van der Waals surface area contributed by atoms with E-state index in [1.807, 2.05) is 20.8 Å². The molecule has 1 aliphatic rings. The number of ether oxygens (including phenoxy) is 1. The lowest BCUT2D eigenvalue weighted by Gasteiger charge is -2.33. The van der Waals surface area contributed by atoms with Crippen LogP contribution in [-0.4, -0.2) is 39.1 Å². The molecule has 7 heteroatoms. The van der Waals surface area contributed by atoms with Gasteiger partial charge >= 0.3 is 6.09 Å². The smallest absolute Gasteiger partial charge is 0.410 e. The molecule has 1 aromatic carbocycles. The van der Waals surface area contributed by atoms with E-state index in [2.05, 4.69) is 0 Å². The summed E-state index contributed by atoms with van der Waals surface area (Å²) in [5, 5.41) is 0.924. The van der Waals surface area contributed by atoms with Crippen molar-refractivity contribution in [1.29, 1.82) is 0 Å². The lowest BCUT2D eigenvalue weighted by Crippen LogP contribution is -2.43. The normalized spacial score (nSPS) is 17.9. The molecule has 0 bridgehead atoms. The van der Waals surface area contributed by atoms with Gasteiger partial charge in [-0.25, -0.2) is 4.79 Å². The minimum absolute atomic E-state index is 0.0210. The van der Waals surface area contributed by atoms with Crippen LogP contribution < -0.4 is 0 Å². The van der Waals surface area contributed by atoms with Gasteiger partial charge in [0.15, 0.2) is 0 Å². The summed E-state index contributed by atoms with van der Waals surface area (Å²) in [5.74, 6) is 0. The van der Waals surface area contributed by atoms with Crippen LogP contribution in [0.15, 0.2) is 23.1 Å². The van der Waals surface area contributed by atoms with Gasteiger partial charge in [-0.1, -0.05) is 23.2 Å². The van der Waals surface area contributed by atoms with E-state index in [0.29, 0.717) is 40.9 Å². The van der Waals surface area contributed by atoms with Gasteiger partial charge in [0.1, 0.15) is 5.60 Å². The van der Waals surface area contributed by atoms with Crippen LogP contribution >= 0.6 is 23.2 Å². The summed E-state index contributed by atoms with van der Waals surface area (Å²) in [7, 11) is -1.21. The van der Waals surface area contributed by atoms with Crippen molar-refractivity contribution in [3.63, 3.8) is 0 Å². The summed E-state index contributed by atoms with van der Waals surface area (Å²) in [4.78, 5) is 14.3. The van der Waals surface area contributed by atoms with E-state index >= 15 is 0 Å². The number of carbonyl (C=O) groups is 1. The first-order valence-corrected chi connectivity index (χ1v) is 9.48. The third-order valence-electron chi connectivity index (χ3n) is 3.51. The van der Waals surface area contributed by atoms with E-state index < -0.39 is 16.4 Å². The Kier molecular flexibility index (Phi) is 5.98. The maximum absolute atomic E-state index is 12.7. The Bertz CT molecular complexity index is 608. The highest BCUT2D eigenvalue weighted by Crippen LogP contribution is 2.29. The Morgan fingerprint density at radius 3 is 2.39 bits per heavy atom. The molecule has 1 aliphatic heterocycles. The van der Waals surface area contributed by atoms with Crippen LogP contribution in [0.25, 0.3) is 0 Å². The Morgan fingerprint density at radius 2 is 1.87 bits per heavy atom.